The van der Waals surface area contributed by atoms with Gasteiger partial charge < -0.3 is 9.47 Å². The molecule has 0 aliphatic heterocycles. The van der Waals surface area contributed by atoms with Crippen LogP contribution in [0.5, 0.6) is 11.5 Å². The lowest BCUT2D eigenvalue weighted by Gasteiger charge is -2.12. The van der Waals surface area contributed by atoms with E-state index in [1.807, 2.05) is 18.2 Å². The summed E-state index contributed by atoms with van der Waals surface area (Å²) in [6.45, 7) is 5.70. The lowest BCUT2D eigenvalue weighted by Crippen LogP contribution is -2.02. The minimum absolute atomic E-state index is 0.703. The Balaban J connectivity index is 2.70. The highest BCUT2D eigenvalue weighted by molar-refractivity contribution is 5.47. The van der Waals surface area contributed by atoms with Crippen LogP contribution in [0.1, 0.15) is 45.1 Å². The zero-order valence-electron chi connectivity index (χ0n) is 11.4. The average Bonchev–Trinajstić information content (AvgIpc) is 2.40. The molecule has 0 aliphatic rings. The van der Waals surface area contributed by atoms with Gasteiger partial charge in [0.2, 0.25) is 0 Å². The normalized spacial score (nSPS) is 9.83. The first-order valence-corrected chi connectivity index (χ1v) is 6.68. The molecule has 0 saturated carbocycles. The predicted octanol–water partition coefficient (Wildman–Crippen LogP) is 4.03. The van der Waals surface area contributed by atoms with Crippen molar-refractivity contribution in [3.8, 4) is 23.8 Å². The molecule has 2 heteroatoms. The number of ether oxygens (including phenoxy) is 2. The molecule has 1 aromatic rings. The second kappa shape index (κ2) is 8.47. The number of unbranched alkanes of at least 4 members (excludes halogenated alkanes) is 2. The monoisotopic (exact) mass is 246 g/mol. The van der Waals surface area contributed by atoms with Crippen LogP contribution in [0.3, 0.4) is 0 Å². The largest absolute Gasteiger partial charge is 0.490 e. The van der Waals surface area contributed by atoms with Crippen LogP contribution < -0.4 is 9.47 Å². The summed E-state index contributed by atoms with van der Waals surface area (Å²) in [6.07, 6.45) is 9.71. The van der Waals surface area contributed by atoms with Gasteiger partial charge in [-0.25, -0.2) is 0 Å². The van der Waals surface area contributed by atoms with Gasteiger partial charge in [0.1, 0.15) is 0 Å². The molecular formula is C16H22O2. The minimum Gasteiger partial charge on any atom is -0.490 e. The second-order valence-corrected chi connectivity index (χ2v) is 4.21. The lowest BCUT2D eigenvalue weighted by atomic mass is 10.2. The van der Waals surface area contributed by atoms with Crippen molar-refractivity contribution in [1.29, 1.82) is 0 Å². The van der Waals surface area contributed by atoms with Crippen LogP contribution in [0.4, 0.5) is 0 Å². The summed E-state index contributed by atoms with van der Waals surface area (Å²) in [6, 6.07) is 5.65. The van der Waals surface area contributed by atoms with Crippen molar-refractivity contribution in [2.45, 2.75) is 39.5 Å². The molecular weight excluding hydrogens is 224 g/mol. The van der Waals surface area contributed by atoms with Gasteiger partial charge in [-0.15, -0.1) is 6.42 Å². The number of rotatable bonds is 8. The van der Waals surface area contributed by atoms with Gasteiger partial charge in [0.05, 0.1) is 13.2 Å². The van der Waals surface area contributed by atoms with E-state index >= 15 is 0 Å². The highest BCUT2D eigenvalue weighted by Crippen LogP contribution is 2.28. The summed E-state index contributed by atoms with van der Waals surface area (Å²) in [7, 11) is 0. The molecule has 0 atom stereocenters. The molecule has 98 valence electrons. The third-order valence-electron chi connectivity index (χ3n) is 2.62. The SMILES string of the molecule is C#Cc1ccc(OCCCC)c(OCCCC)c1. The Kier molecular flexibility index (Phi) is 6.79. The molecule has 0 N–H and O–H groups in total. The molecule has 2 nitrogen and oxygen atoms in total. The Labute approximate surface area is 110 Å². The molecule has 0 saturated heterocycles. The van der Waals surface area contributed by atoms with Crippen LogP contribution in [0.15, 0.2) is 18.2 Å². The highest BCUT2D eigenvalue weighted by atomic mass is 16.5. The Hall–Kier alpha value is -1.62. The molecule has 1 rings (SSSR count). The molecule has 0 aliphatic carbocycles. The molecule has 0 bridgehead atoms. The second-order valence-electron chi connectivity index (χ2n) is 4.21. The minimum atomic E-state index is 0.703. The summed E-state index contributed by atoms with van der Waals surface area (Å²) in [5.41, 5.74) is 0.823. The first kappa shape index (κ1) is 14.4. The fraction of sp³-hybridized carbons (Fsp3) is 0.500. The van der Waals surface area contributed by atoms with E-state index in [4.69, 9.17) is 15.9 Å². The van der Waals surface area contributed by atoms with E-state index < -0.39 is 0 Å². The van der Waals surface area contributed by atoms with E-state index in [2.05, 4.69) is 19.8 Å². The van der Waals surface area contributed by atoms with Crippen LogP contribution in [-0.4, -0.2) is 13.2 Å². The zero-order valence-corrected chi connectivity index (χ0v) is 11.4. The van der Waals surface area contributed by atoms with Gasteiger partial charge in [0.15, 0.2) is 11.5 Å². The summed E-state index contributed by atoms with van der Waals surface area (Å²) in [4.78, 5) is 0. The van der Waals surface area contributed by atoms with Gasteiger partial charge in [-0.05, 0) is 31.0 Å². The van der Waals surface area contributed by atoms with E-state index in [1.165, 1.54) is 0 Å². The molecule has 0 amide bonds. The van der Waals surface area contributed by atoms with E-state index in [9.17, 15) is 0 Å². The molecule has 0 fully saturated rings. The molecule has 0 radical (unpaired) electrons. The third-order valence-corrected chi connectivity index (χ3v) is 2.62. The fourth-order valence-corrected chi connectivity index (χ4v) is 1.48. The Morgan fingerprint density at radius 1 is 1.00 bits per heavy atom. The van der Waals surface area contributed by atoms with Crippen molar-refractivity contribution in [3.05, 3.63) is 23.8 Å². The number of terminal acetylenes is 1. The van der Waals surface area contributed by atoms with Crippen LogP contribution in [0.2, 0.25) is 0 Å². The van der Waals surface area contributed by atoms with Crippen molar-refractivity contribution in [3.63, 3.8) is 0 Å². The van der Waals surface area contributed by atoms with E-state index in [1.54, 1.807) is 0 Å². The van der Waals surface area contributed by atoms with Gasteiger partial charge in [-0.3, -0.25) is 0 Å². The van der Waals surface area contributed by atoms with Gasteiger partial charge in [-0.2, -0.15) is 0 Å². The van der Waals surface area contributed by atoms with Crippen molar-refractivity contribution >= 4 is 0 Å². The molecule has 1 aromatic carbocycles. The van der Waals surface area contributed by atoms with Crippen LogP contribution in [-0.2, 0) is 0 Å². The molecule has 0 unspecified atom stereocenters. The summed E-state index contributed by atoms with van der Waals surface area (Å²) in [5, 5.41) is 0. The molecule has 0 aromatic heterocycles. The number of benzene rings is 1. The van der Waals surface area contributed by atoms with Gasteiger partial charge in [-0.1, -0.05) is 32.6 Å². The average molecular weight is 246 g/mol. The fourth-order valence-electron chi connectivity index (χ4n) is 1.48. The van der Waals surface area contributed by atoms with Crippen molar-refractivity contribution in [1.82, 2.24) is 0 Å². The topological polar surface area (TPSA) is 18.5 Å². The smallest absolute Gasteiger partial charge is 0.162 e. The van der Waals surface area contributed by atoms with Gasteiger partial charge in [0.25, 0.3) is 0 Å². The maximum atomic E-state index is 5.73. The Morgan fingerprint density at radius 2 is 1.61 bits per heavy atom. The van der Waals surface area contributed by atoms with E-state index in [0.717, 1.165) is 49.4 Å². The summed E-state index contributed by atoms with van der Waals surface area (Å²) < 4.78 is 11.4. The lowest BCUT2D eigenvalue weighted by molar-refractivity contribution is 0.262. The number of hydrogen-bond donors (Lipinski definition) is 0. The van der Waals surface area contributed by atoms with Crippen LogP contribution >= 0.6 is 0 Å². The Bertz CT molecular complexity index is 391. The van der Waals surface area contributed by atoms with Crippen LogP contribution in [0, 0.1) is 12.3 Å². The molecule has 0 spiro atoms. The first-order valence-electron chi connectivity index (χ1n) is 6.68. The van der Waals surface area contributed by atoms with E-state index in [-0.39, 0.29) is 0 Å². The van der Waals surface area contributed by atoms with E-state index in [0.29, 0.717) is 6.61 Å². The van der Waals surface area contributed by atoms with Crippen molar-refractivity contribution in [2.24, 2.45) is 0 Å². The maximum absolute atomic E-state index is 5.73. The summed E-state index contributed by atoms with van der Waals surface area (Å²) >= 11 is 0. The molecule has 18 heavy (non-hydrogen) atoms. The van der Waals surface area contributed by atoms with Gasteiger partial charge >= 0.3 is 0 Å². The van der Waals surface area contributed by atoms with Crippen molar-refractivity contribution in [2.75, 3.05) is 13.2 Å². The predicted molar refractivity (Wildman–Crippen MR) is 75.2 cm³/mol. The quantitative estimate of drug-likeness (QED) is 0.509. The first-order chi connectivity index (χ1) is 8.81. The maximum Gasteiger partial charge on any atom is 0.162 e. The summed E-state index contributed by atoms with van der Waals surface area (Å²) in [5.74, 6) is 4.17. The zero-order chi connectivity index (χ0) is 13.2. The number of hydrogen-bond acceptors (Lipinski definition) is 2. The van der Waals surface area contributed by atoms with Crippen LogP contribution in [0.25, 0.3) is 0 Å². The Morgan fingerprint density at radius 3 is 2.17 bits per heavy atom. The van der Waals surface area contributed by atoms with Gasteiger partial charge in [0, 0.05) is 5.56 Å². The van der Waals surface area contributed by atoms with Crippen molar-refractivity contribution < 1.29 is 9.47 Å². The third kappa shape index (κ3) is 4.71. The standard InChI is InChI=1S/C16H22O2/c1-4-7-11-17-15-10-9-14(6-3)13-16(15)18-12-8-5-2/h3,9-10,13H,4-5,7-8,11-12H2,1-2H3. The highest BCUT2D eigenvalue weighted by Gasteiger charge is 2.06. The molecule has 0 heterocycles.